The lowest BCUT2D eigenvalue weighted by atomic mass is 10.0. The van der Waals surface area contributed by atoms with Gasteiger partial charge in [0.05, 0.1) is 11.2 Å². The summed E-state index contributed by atoms with van der Waals surface area (Å²) in [6, 6.07) is 30.5. The number of para-hydroxylation sites is 1. The third-order valence-corrected chi connectivity index (χ3v) is 4.82. The van der Waals surface area contributed by atoms with E-state index in [4.69, 9.17) is 4.98 Å². The van der Waals surface area contributed by atoms with Gasteiger partial charge in [-0.3, -0.25) is 5.10 Å². The Morgan fingerprint density at radius 1 is 0.759 bits per heavy atom. The van der Waals surface area contributed by atoms with Crippen LogP contribution in [-0.2, 0) is 6.54 Å². The number of anilines is 1. The van der Waals surface area contributed by atoms with Crippen molar-refractivity contribution in [3.8, 4) is 22.6 Å². The first-order chi connectivity index (χ1) is 14.4. The van der Waals surface area contributed by atoms with Crippen LogP contribution < -0.4 is 5.32 Å². The van der Waals surface area contributed by atoms with Gasteiger partial charge >= 0.3 is 0 Å². The van der Waals surface area contributed by atoms with Crippen molar-refractivity contribution in [2.24, 2.45) is 0 Å². The third kappa shape index (κ3) is 3.58. The number of hydrogen-bond donors (Lipinski definition) is 2. The summed E-state index contributed by atoms with van der Waals surface area (Å²) in [5.41, 5.74) is 5.07. The summed E-state index contributed by atoms with van der Waals surface area (Å²) in [5, 5.41) is 11.7. The highest BCUT2D eigenvalue weighted by atomic mass is 15.3. The van der Waals surface area contributed by atoms with E-state index >= 15 is 0 Å². The molecule has 2 aromatic heterocycles. The van der Waals surface area contributed by atoms with Gasteiger partial charge in [0.1, 0.15) is 0 Å². The molecule has 0 saturated heterocycles. The summed E-state index contributed by atoms with van der Waals surface area (Å²) in [7, 11) is 0. The highest BCUT2D eigenvalue weighted by Crippen LogP contribution is 2.30. The van der Waals surface area contributed by atoms with Crippen molar-refractivity contribution in [3.05, 3.63) is 96.6 Å². The normalized spacial score (nSPS) is 10.9. The molecule has 5 rings (SSSR count). The number of hydrogen-bond acceptors (Lipinski definition) is 4. The molecule has 0 fully saturated rings. The molecule has 3 aromatic carbocycles. The first-order valence-electron chi connectivity index (χ1n) is 9.52. The van der Waals surface area contributed by atoms with Crippen LogP contribution in [0.15, 0.2) is 91.0 Å². The van der Waals surface area contributed by atoms with Crippen LogP contribution in [0.3, 0.4) is 0 Å². The molecule has 0 aliphatic heterocycles. The van der Waals surface area contributed by atoms with Crippen molar-refractivity contribution in [2.45, 2.75) is 6.54 Å². The van der Waals surface area contributed by atoms with Gasteiger partial charge in [-0.05, 0) is 17.7 Å². The average molecular weight is 377 g/mol. The Hall–Kier alpha value is -3.99. The van der Waals surface area contributed by atoms with E-state index in [1.807, 2.05) is 54.6 Å². The molecule has 2 N–H and O–H groups in total. The van der Waals surface area contributed by atoms with Crippen LogP contribution in [0.4, 0.5) is 5.95 Å². The molecule has 2 heterocycles. The summed E-state index contributed by atoms with van der Waals surface area (Å²) in [4.78, 5) is 9.51. The number of pyridine rings is 1. The smallest absolute Gasteiger partial charge is 0.242 e. The first-order valence-corrected chi connectivity index (χ1v) is 9.52. The highest BCUT2D eigenvalue weighted by molar-refractivity contribution is 5.95. The van der Waals surface area contributed by atoms with E-state index in [9.17, 15) is 0 Å². The van der Waals surface area contributed by atoms with Crippen LogP contribution in [0.2, 0.25) is 0 Å². The number of fused-ring (bicyclic) bond motifs is 1. The Balaban J connectivity index is 1.52. The van der Waals surface area contributed by atoms with Gasteiger partial charge in [-0.15, -0.1) is 5.10 Å². The fourth-order valence-corrected chi connectivity index (χ4v) is 3.37. The lowest BCUT2D eigenvalue weighted by molar-refractivity contribution is 1.05. The van der Waals surface area contributed by atoms with Crippen molar-refractivity contribution in [1.29, 1.82) is 0 Å². The van der Waals surface area contributed by atoms with Crippen LogP contribution >= 0.6 is 0 Å². The number of H-pyrrole nitrogens is 1. The predicted octanol–water partition coefficient (Wildman–Crippen LogP) is 5.30. The second-order valence-electron chi connectivity index (χ2n) is 6.79. The molecule has 0 amide bonds. The number of rotatable bonds is 5. The van der Waals surface area contributed by atoms with Gasteiger partial charge in [-0.1, -0.05) is 78.9 Å². The summed E-state index contributed by atoms with van der Waals surface area (Å²) >= 11 is 0. The minimum Gasteiger partial charge on any atom is -0.349 e. The van der Waals surface area contributed by atoms with Gasteiger partial charge in [-0.2, -0.15) is 4.98 Å². The molecule has 0 atom stereocenters. The Morgan fingerprint density at radius 2 is 1.48 bits per heavy atom. The maximum absolute atomic E-state index is 4.84. The SMILES string of the molecule is c1ccc(CNc2n[nH]c(-c3cc(-c4ccccc4)nc4ccccc34)n2)cc1. The van der Waals surface area contributed by atoms with Gasteiger partial charge in [0.25, 0.3) is 0 Å². The van der Waals surface area contributed by atoms with Crippen molar-refractivity contribution in [1.82, 2.24) is 20.2 Å². The number of nitrogens with one attached hydrogen (secondary N) is 2. The number of nitrogens with zero attached hydrogens (tertiary/aromatic N) is 3. The van der Waals surface area contributed by atoms with E-state index in [-0.39, 0.29) is 0 Å². The standard InChI is InChI=1S/C24H19N5/c1-3-9-17(10-4-1)16-25-24-27-23(28-29-24)20-15-22(18-11-5-2-6-12-18)26-21-14-8-7-13-19(20)21/h1-15H,16H2,(H2,25,27,28,29). The molecule has 29 heavy (non-hydrogen) atoms. The van der Waals surface area contributed by atoms with E-state index in [1.54, 1.807) is 0 Å². The van der Waals surface area contributed by atoms with Crippen LogP contribution in [0.1, 0.15) is 5.56 Å². The summed E-state index contributed by atoms with van der Waals surface area (Å²) in [6.07, 6.45) is 0. The minimum absolute atomic E-state index is 0.575. The molecule has 5 aromatic rings. The summed E-state index contributed by atoms with van der Waals surface area (Å²) in [5.74, 6) is 1.29. The van der Waals surface area contributed by atoms with Crippen LogP contribution in [0.5, 0.6) is 0 Å². The summed E-state index contributed by atoms with van der Waals surface area (Å²) in [6.45, 7) is 0.671. The van der Waals surface area contributed by atoms with E-state index in [0.717, 1.165) is 33.5 Å². The van der Waals surface area contributed by atoms with Crippen molar-refractivity contribution in [2.75, 3.05) is 5.32 Å². The monoisotopic (exact) mass is 377 g/mol. The Morgan fingerprint density at radius 3 is 2.31 bits per heavy atom. The molecular formula is C24H19N5. The predicted molar refractivity (Wildman–Crippen MR) is 116 cm³/mol. The molecule has 0 aliphatic carbocycles. The Bertz CT molecular complexity index is 1250. The topological polar surface area (TPSA) is 66.5 Å². The molecule has 0 unspecified atom stereocenters. The average Bonchev–Trinajstić information content (AvgIpc) is 3.27. The van der Waals surface area contributed by atoms with Gasteiger partial charge in [0.15, 0.2) is 5.82 Å². The minimum atomic E-state index is 0.575. The molecule has 0 aliphatic rings. The Labute approximate surface area is 168 Å². The molecule has 0 radical (unpaired) electrons. The van der Waals surface area contributed by atoms with Gasteiger partial charge in [0, 0.05) is 23.1 Å². The molecule has 5 nitrogen and oxygen atoms in total. The first kappa shape index (κ1) is 17.1. The molecular weight excluding hydrogens is 358 g/mol. The number of aromatic amines is 1. The van der Waals surface area contributed by atoms with Crippen LogP contribution in [0, 0.1) is 0 Å². The van der Waals surface area contributed by atoms with Crippen molar-refractivity contribution < 1.29 is 0 Å². The van der Waals surface area contributed by atoms with Crippen LogP contribution in [-0.4, -0.2) is 20.2 Å². The van der Waals surface area contributed by atoms with Crippen molar-refractivity contribution >= 4 is 16.9 Å². The summed E-state index contributed by atoms with van der Waals surface area (Å²) < 4.78 is 0. The molecule has 0 saturated carbocycles. The van der Waals surface area contributed by atoms with Gasteiger partial charge in [0.2, 0.25) is 5.95 Å². The maximum Gasteiger partial charge on any atom is 0.242 e. The van der Waals surface area contributed by atoms with E-state index in [1.165, 1.54) is 5.56 Å². The number of aromatic nitrogens is 4. The van der Waals surface area contributed by atoms with E-state index < -0.39 is 0 Å². The lowest BCUT2D eigenvalue weighted by Gasteiger charge is -2.08. The fraction of sp³-hybridized carbons (Fsp3) is 0.0417. The molecule has 140 valence electrons. The molecule has 0 bridgehead atoms. The zero-order valence-corrected chi connectivity index (χ0v) is 15.7. The van der Waals surface area contributed by atoms with Gasteiger partial charge in [-0.25, -0.2) is 4.98 Å². The van der Waals surface area contributed by atoms with Crippen molar-refractivity contribution in [3.63, 3.8) is 0 Å². The van der Waals surface area contributed by atoms with E-state index in [0.29, 0.717) is 12.5 Å². The van der Waals surface area contributed by atoms with E-state index in [2.05, 4.69) is 56.9 Å². The molecule has 0 spiro atoms. The van der Waals surface area contributed by atoms with Crippen LogP contribution in [0.25, 0.3) is 33.5 Å². The largest absolute Gasteiger partial charge is 0.349 e. The van der Waals surface area contributed by atoms with Gasteiger partial charge < -0.3 is 5.32 Å². The maximum atomic E-state index is 4.84. The lowest BCUT2D eigenvalue weighted by Crippen LogP contribution is -2.00. The fourth-order valence-electron chi connectivity index (χ4n) is 3.37. The third-order valence-electron chi connectivity index (χ3n) is 4.82. The second kappa shape index (κ2) is 7.56. The highest BCUT2D eigenvalue weighted by Gasteiger charge is 2.13. The zero-order valence-electron chi connectivity index (χ0n) is 15.7. The number of benzene rings is 3. The second-order valence-corrected chi connectivity index (χ2v) is 6.79. The zero-order chi connectivity index (χ0) is 19.5. The quantitative estimate of drug-likeness (QED) is 0.436. The molecule has 5 heteroatoms. The Kier molecular flexibility index (Phi) is 4.47.